The molecule has 0 saturated heterocycles. The molecule has 12 nitrogen and oxygen atoms in total. The van der Waals surface area contributed by atoms with Crippen LogP contribution in [-0.2, 0) is 25.4 Å². The number of halogens is 1. The van der Waals surface area contributed by atoms with Crippen LogP contribution in [0.25, 0.3) is 5.69 Å². The Hall–Kier alpha value is -4.33. The molecule has 13 heteroatoms. The fraction of sp³-hybridized carbons (Fsp3) is 0.405. The average Bonchev–Trinajstić information content (AvgIpc) is 3.48. The molecule has 0 aliphatic carbocycles. The Morgan fingerprint density at radius 2 is 1.64 bits per heavy atom. The van der Waals surface area contributed by atoms with Crippen LogP contribution in [0.4, 0.5) is 5.69 Å². The smallest absolute Gasteiger partial charge is 0.339 e. The summed E-state index contributed by atoms with van der Waals surface area (Å²) in [4.78, 5) is 39.1. The maximum absolute atomic E-state index is 14.1. The molecule has 0 bridgehead atoms. The zero-order valence-corrected chi connectivity index (χ0v) is 30.6. The molecule has 50 heavy (non-hydrogen) atoms. The molecule has 1 aliphatic rings. The number of aliphatic hydroxyl groups excluding tert-OH is 1. The zero-order chi connectivity index (χ0) is 38.0. The number of carboxylic acid groups (broad SMARTS) is 2. The van der Waals surface area contributed by atoms with E-state index < -0.39 is 35.5 Å². The van der Waals surface area contributed by atoms with E-state index in [1.807, 2.05) is 27.7 Å². The second-order valence-electron chi connectivity index (χ2n) is 11.5. The lowest BCUT2D eigenvalue weighted by molar-refractivity contribution is -0.133. The molecule has 1 amide bonds. The van der Waals surface area contributed by atoms with Crippen molar-refractivity contribution < 1.29 is 43.9 Å². The lowest BCUT2D eigenvalue weighted by Crippen LogP contribution is -2.46. The van der Waals surface area contributed by atoms with Crippen molar-refractivity contribution in [1.82, 2.24) is 9.78 Å². The van der Waals surface area contributed by atoms with Crippen LogP contribution in [0.2, 0.25) is 5.02 Å². The zero-order valence-electron chi connectivity index (χ0n) is 29.9. The summed E-state index contributed by atoms with van der Waals surface area (Å²) in [6, 6.07) is 10.9. The van der Waals surface area contributed by atoms with Crippen LogP contribution in [0.3, 0.4) is 0 Å². The first-order chi connectivity index (χ1) is 23.8. The first-order valence-corrected chi connectivity index (χ1v) is 16.3. The average molecular weight is 716 g/mol. The fourth-order valence-corrected chi connectivity index (χ4v) is 4.95. The second-order valence-corrected chi connectivity index (χ2v) is 12.0. The van der Waals surface area contributed by atoms with Crippen molar-refractivity contribution in [3.63, 3.8) is 0 Å². The number of ether oxygens (including phenoxy) is 3. The van der Waals surface area contributed by atoms with Gasteiger partial charge in [-0.2, -0.15) is 5.10 Å². The Bertz CT molecular complexity index is 1550. The third kappa shape index (κ3) is 12.2. The molecule has 1 aliphatic heterocycles. The number of methoxy groups -OCH3 is 2. The van der Waals surface area contributed by atoms with E-state index in [0.717, 1.165) is 0 Å². The van der Waals surface area contributed by atoms with Gasteiger partial charge in [-0.15, -0.1) is 13.2 Å². The van der Waals surface area contributed by atoms with E-state index in [9.17, 15) is 29.7 Å². The van der Waals surface area contributed by atoms with E-state index in [1.54, 1.807) is 56.6 Å². The Labute approximate surface area is 299 Å². The molecule has 0 spiro atoms. The molecule has 3 aromatic rings. The highest BCUT2D eigenvalue weighted by molar-refractivity contribution is 6.30. The highest BCUT2D eigenvalue weighted by Gasteiger charge is 2.39. The third-order valence-electron chi connectivity index (χ3n) is 7.01. The van der Waals surface area contributed by atoms with Crippen LogP contribution in [0.15, 0.2) is 74.0 Å². The monoisotopic (exact) mass is 715 g/mol. The second kappa shape index (κ2) is 21.7. The van der Waals surface area contributed by atoms with E-state index in [2.05, 4.69) is 27.7 Å². The Morgan fingerprint density at radius 1 is 1.02 bits per heavy atom. The van der Waals surface area contributed by atoms with Gasteiger partial charge < -0.3 is 34.4 Å². The number of hydrogen-bond acceptors (Lipinski definition) is 8. The number of rotatable bonds is 12. The standard InChI is InChI=1S/C29H30ClN3O7.C4H8O.C2H6O.C2H6/c1-4-5-24-20-12-18(30)8-11-22(20)32(15-29(2,3)16-34)26(35)25(40-24)13-23-21(28(38)39)14-31-33(23)19-9-6-17(7-10-19)27(36)37;1-3-4-5-2;1-3-2;1-2/h4,6-12,14,24-25,34H,1,5,13,15-16H2,2-3H3,(H,36,37)(H,38,39);3H,1,4H2,2H3;1-2H3;1-2H3/t24-,25-;;;/m1.../s1. The molecule has 4 rings (SSSR count). The number of nitrogens with zero attached hydrogens (tertiary/aromatic N) is 3. The number of benzene rings is 2. The van der Waals surface area contributed by atoms with Gasteiger partial charge in [-0.05, 0) is 48.9 Å². The number of aliphatic hydroxyl groups is 1. The van der Waals surface area contributed by atoms with Crippen molar-refractivity contribution in [2.75, 3.05) is 46.0 Å². The minimum atomic E-state index is -1.24. The molecule has 0 radical (unpaired) electrons. The lowest BCUT2D eigenvalue weighted by Gasteiger charge is -2.32. The predicted molar refractivity (Wildman–Crippen MR) is 195 cm³/mol. The summed E-state index contributed by atoms with van der Waals surface area (Å²) in [5, 5.41) is 33.8. The third-order valence-corrected chi connectivity index (χ3v) is 7.25. The largest absolute Gasteiger partial charge is 0.478 e. The number of fused-ring (bicyclic) bond motifs is 1. The van der Waals surface area contributed by atoms with Crippen molar-refractivity contribution >= 4 is 35.1 Å². The van der Waals surface area contributed by atoms with Gasteiger partial charge in [0.05, 0.1) is 35.9 Å². The molecule has 0 fully saturated rings. The molecular weight excluding hydrogens is 666 g/mol. The number of amides is 1. The van der Waals surface area contributed by atoms with Crippen molar-refractivity contribution in [3.8, 4) is 5.69 Å². The van der Waals surface area contributed by atoms with Gasteiger partial charge in [-0.1, -0.05) is 51.4 Å². The van der Waals surface area contributed by atoms with Crippen LogP contribution in [0.1, 0.15) is 72.2 Å². The molecule has 2 heterocycles. The van der Waals surface area contributed by atoms with Gasteiger partial charge >= 0.3 is 11.9 Å². The van der Waals surface area contributed by atoms with Crippen LogP contribution in [0, 0.1) is 5.41 Å². The van der Waals surface area contributed by atoms with Gasteiger partial charge in [0.2, 0.25) is 0 Å². The number of carboxylic acids is 2. The van der Waals surface area contributed by atoms with Crippen molar-refractivity contribution in [2.45, 2.75) is 52.7 Å². The summed E-state index contributed by atoms with van der Waals surface area (Å²) < 4.78 is 16.6. The Morgan fingerprint density at radius 3 is 2.12 bits per heavy atom. The van der Waals surface area contributed by atoms with Gasteiger partial charge in [0.25, 0.3) is 5.91 Å². The van der Waals surface area contributed by atoms with Gasteiger partial charge in [0, 0.05) is 62.6 Å². The van der Waals surface area contributed by atoms with E-state index in [-0.39, 0.29) is 36.4 Å². The van der Waals surface area contributed by atoms with Crippen LogP contribution in [-0.4, -0.2) is 90.1 Å². The van der Waals surface area contributed by atoms with E-state index >= 15 is 0 Å². The van der Waals surface area contributed by atoms with Crippen LogP contribution in [0.5, 0.6) is 0 Å². The normalized spacial score (nSPS) is 15.1. The Kier molecular flexibility index (Phi) is 19.0. The SMILES string of the molecule is C=CCOC.C=CC[C@H]1O[C@H](Cc2c(C(=O)O)cnn2-c2ccc(C(=O)O)cc2)C(=O)N(CC(C)(C)CO)c2ccc(Cl)cc21.CC.COC. The quantitative estimate of drug-likeness (QED) is 0.173. The van der Waals surface area contributed by atoms with Gasteiger partial charge in [0.1, 0.15) is 11.7 Å². The van der Waals surface area contributed by atoms with Crippen LogP contribution < -0.4 is 4.90 Å². The van der Waals surface area contributed by atoms with Crippen molar-refractivity contribution in [3.05, 3.63) is 101 Å². The maximum atomic E-state index is 14.1. The molecule has 3 N–H and O–H groups in total. The minimum absolute atomic E-state index is 0.0593. The van der Waals surface area contributed by atoms with Crippen molar-refractivity contribution in [2.24, 2.45) is 5.41 Å². The summed E-state index contributed by atoms with van der Waals surface area (Å²) in [5.41, 5.74) is 1.17. The van der Waals surface area contributed by atoms with E-state index in [1.165, 1.54) is 35.1 Å². The topological polar surface area (TPSA) is 161 Å². The highest BCUT2D eigenvalue weighted by atomic mass is 35.5. The first-order valence-electron chi connectivity index (χ1n) is 15.9. The molecule has 2 aromatic carbocycles. The number of carbonyl (C=O) groups is 3. The molecule has 2 atom stereocenters. The maximum Gasteiger partial charge on any atom is 0.339 e. The number of aromatic nitrogens is 2. The summed E-state index contributed by atoms with van der Waals surface area (Å²) in [5.74, 6) is -2.75. The van der Waals surface area contributed by atoms with E-state index in [4.69, 9.17) is 16.3 Å². The van der Waals surface area contributed by atoms with E-state index in [0.29, 0.717) is 35.0 Å². The predicted octanol–water partition coefficient (Wildman–Crippen LogP) is 6.64. The summed E-state index contributed by atoms with van der Waals surface area (Å²) in [6.45, 7) is 15.6. The molecule has 0 saturated carbocycles. The highest BCUT2D eigenvalue weighted by Crippen LogP contribution is 2.39. The van der Waals surface area contributed by atoms with Gasteiger partial charge in [-0.25, -0.2) is 14.3 Å². The van der Waals surface area contributed by atoms with Gasteiger partial charge in [-0.3, -0.25) is 4.79 Å². The molecular formula is C37H50ClN3O9. The number of aromatic carboxylic acids is 2. The molecule has 1 aromatic heterocycles. The van der Waals surface area contributed by atoms with Crippen LogP contribution >= 0.6 is 11.6 Å². The lowest BCUT2D eigenvalue weighted by atomic mass is 9.93. The summed E-state index contributed by atoms with van der Waals surface area (Å²) in [6.07, 6.45) is 3.04. The minimum Gasteiger partial charge on any atom is -0.478 e. The van der Waals surface area contributed by atoms with Crippen molar-refractivity contribution in [1.29, 1.82) is 0 Å². The Balaban J connectivity index is 0.00000111. The number of anilines is 1. The molecule has 0 unspecified atom stereocenters. The number of hydrogen-bond donors (Lipinski definition) is 3. The molecule has 274 valence electrons. The first kappa shape index (κ1) is 43.7. The summed E-state index contributed by atoms with van der Waals surface area (Å²) in [7, 11) is 4.89. The van der Waals surface area contributed by atoms with Gasteiger partial charge in [0.15, 0.2) is 0 Å². The fourth-order valence-electron chi connectivity index (χ4n) is 4.77. The number of carbonyl (C=O) groups excluding carboxylic acids is 1. The summed E-state index contributed by atoms with van der Waals surface area (Å²) >= 11 is 6.33.